The van der Waals surface area contributed by atoms with Crippen LogP contribution in [0, 0.1) is 13.8 Å². The summed E-state index contributed by atoms with van der Waals surface area (Å²) in [5.41, 5.74) is 4.85. The van der Waals surface area contributed by atoms with Crippen molar-refractivity contribution in [1.29, 1.82) is 0 Å². The van der Waals surface area contributed by atoms with Crippen LogP contribution in [0.5, 0.6) is 0 Å². The molecule has 0 saturated carbocycles. The van der Waals surface area contributed by atoms with Gasteiger partial charge in [-0.25, -0.2) is 0 Å². The SMILES string of the molecule is Cc1noc(C)c1-c1ccc2[nH]c(=O)cc(N3CCCCC3)c2c1. The van der Waals surface area contributed by atoms with Crippen LogP contribution in [0.2, 0.25) is 0 Å². The molecule has 0 unspecified atom stereocenters. The number of nitrogens with one attached hydrogen (secondary N) is 1. The molecular formula is C19H21N3O2. The fourth-order valence-corrected chi connectivity index (χ4v) is 3.68. The Labute approximate surface area is 140 Å². The Hall–Kier alpha value is -2.56. The zero-order chi connectivity index (χ0) is 16.7. The number of anilines is 1. The quantitative estimate of drug-likeness (QED) is 0.779. The molecule has 0 radical (unpaired) electrons. The molecule has 1 fully saturated rings. The molecule has 2 aromatic heterocycles. The maximum Gasteiger partial charge on any atom is 0.250 e. The summed E-state index contributed by atoms with van der Waals surface area (Å²) in [6.45, 7) is 5.90. The van der Waals surface area contributed by atoms with Gasteiger partial charge >= 0.3 is 0 Å². The number of aromatic nitrogens is 2. The summed E-state index contributed by atoms with van der Waals surface area (Å²) >= 11 is 0. The van der Waals surface area contributed by atoms with E-state index in [4.69, 9.17) is 4.52 Å². The lowest BCUT2D eigenvalue weighted by atomic mass is 10.0. The van der Waals surface area contributed by atoms with Crippen molar-refractivity contribution in [1.82, 2.24) is 10.1 Å². The van der Waals surface area contributed by atoms with Crippen molar-refractivity contribution in [2.45, 2.75) is 33.1 Å². The number of nitrogens with zero attached hydrogens (tertiary/aromatic N) is 2. The largest absolute Gasteiger partial charge is 0.371 e. The van der Waals surface area contributed by atoms with Gasteiger partial charge in [0.05, 0.1) is 16.9 Å². The molecule has 4 rings (SSSR count). The zero-order valence-corrected chi connectivity index (χ0v) is 14.1. The number of aromatic amines is 1. The summed E-state index contributed by atoms with van der Waals surface area (Å²) in [7, 11) is 0. The van der Waals surface area contributed by atoms with Crippen LogP contribution >= 0.6 is 0 Å². The predicted octanol–water partition coefficient (Wildman–Crippen LogP) is 3.79. The van der Waals surface area contributed by atoms with Gasteiger partial charge in [-0.3, -0.25) is 4.79 Å². The summed E-state index contributed by atoms with van der Waals surface area (Å²) in [5, 5.41) is 5.13. The van der Waals surface area contributed by atoms with Gasteiger partial charge < -0.3 is 14.4 Å². The molecule has 0 bridgehead atoms. The van der Waals surface area contributed by atoms with Crippen molar-refractivity contribution in [3.63, 3.8) is 0 Å². The Morgan fingerprint density at radius 1 is 1.12 bits per heavy atom. The summed E-state index contributed by atoms with van der Waals surface area (Å²) in [6.07, 6.45) is 3.62. The second kappa shape index (κ2) is 5.82. The summed E-state index contributed by atoms with van der Waals surface area (Å²) in [5.74, 6) is 0.816. The minimum atomic E-state index is -0.0480. The van der Waals surface area contributed by atoms with E-state index in [1.807, 2.05) is 26.0 Å². The van der Waals surface area contributed by atoms with Gasteiger partial charge in [0, 0.05) is 30.1 Å². The smallest absolute Gasteiger partial charge is 0.250 e. The third-order valence-electron chi connectivity index (χ3n) is 4.84. The third-order valence-corrected chi connectivity index (χ3v) is 4.84. The van der Waals surface area contributed by atoms with Crippen LogP contribution in [0.25, 0.3) is 22.0 Å². The number of piperidine rings is 1. The Morgan fingerprint density at radius 3 is 2.62 bits per heavy atom. The number of pyridine rings is 1. The highest BCUT2D eigenvalue weighted by Gasteiger charge is 2.17. The summed E-state index contributed by atoms with van der Waals surface area (Å²) in [4.78, 5) is 17.3. The average molecular weight is 323 g/mol. The van der Waals surface area contributed by atoms with E-state index in [0.29, 0.717) is 0 Å². The summed E-state index contributed by atoms with van der Waals surface area (Å²) in [6, 6.07) is 7.86. The normalized spacial score (nSPS) is 15.2. The van der Waals surface area contributed by atoms with Crippen molar-refractivity contribution in [3.05, 3.63) is 46.1 Å². The second-order valence-electron chi connectivity index (χ2n) is 6.53. The lowest BCUT2D eigenvalue weighted by Gasteiger charge is -2.29. The van der Waals surface area contributed by atoms with Crippen LogP contribution in [-0.4, -0.2) is 23.2 Å². The van der Waals surface area contributed by atoms with Gasteiger partial charge in [-0.05, 0) is 50.8 Å². The van der Waals surface area contributed by atoms with E-state index in [-0.39, 0.29) is 5.56 Å². The first-order valence-electron chi connectivity index (χ1n) is 8.49. The lowest BCUT2D eigenvalue weighted by Crippen LogP contribution is -2.30. The molecule has 1 aromatic carbocycles. The first-order chi connectivity index (χ1) is 11.6. The Bertz CT molecular complexity index is 929. The molecule has 5 nitrogen and oxygen atoms in total. The van der Waals surface area contributed by atoms with E-state index >= 15 is 0 Å². The molecule has 1 saturated heterocycles. The van der Waals surface area contributed by atoms with Gasteiger partial charge in [0.15, 0.2) is 0 Å². The molecule has 0 aliphatic carbocycles. The topological polar surface area (TPSA) is 62.1 Å². The summed E-state index contributed by atoms with van der Waals surface area (Å²) < 4.78 is 5.31. The van der Waals surface area contributed by atoms with Gasteiger partial charge in [0.25, 0.3) is 0 Å². The molecule has 0 spiro atoms. The van der Waals surface area contributed by atoms with Crippen LogP contribution < -0.4 is 10.5 Å². The van der Waals surface area contributed by atoms with Crippen molar-refractivity contribution >= 4 is 16.6 Å². The average Bonchev–Trinajstić information content (AvgIpc) is 2.93. The molecule has 124 valence electrons. The number of benzene rings is 1. The number of aryl methyl sites for hydroxylation is 2. The Morgan fingerprint density at radius 2 is 1.92 bits per heavy atom. The monoisotopic (exact) mass is 323 g/mol. The van der Waals surface area contributed by atoms with Gasteiger partial charge in [-0.1, -0.05) is 11.2 Å². The van der Waals surface area contributed by atoms with E-state index in [9.17, 15) is 4.79 Å². The molecule has 5 heteroatoms. The molecule has 3 aromatic rings. The number of rotatable bonds is 2. The number of fused-ring (bicyclic) bond motifs is 1. The van der Waals surface area contributed by atoms with E-state index < -0.39 is 0 Å². The molecule has 0 amide bonds. The highest BCUT2D eigenvalue weighted by atomic mass is 16.5. The highest BCUT2D eigenvalue weighted by Crippen LogP contribution is 2.33. The third kappa shape index (κ3) is 2.50. The van der Waals surface area contributed by atoms with Crippen LogP contribution in [0.3, 0.4) is 0 Å². The Kier molecular flexibility index (Phi) is 3.63. The van der Waals surface area contributed by atoms with Crippen LogP contribution in [0.1, 0.15) is 30.7 Å². The molecule has 24 heavy (non-hydrogen) atoms. The van der Waals surface area contributed by atoms with Crippen LogP contribution in [0.15, 0.2) is 33.6 Å². The maximum absolute atomic E-state index is 12.1. The molecule has 0 atom stereocenters. The lowest BCUT2D eigenvalue weighted by molar-refractivity contribution is 0.393. The van der Waals surface area contributed by atoms with Crippen molar-refractivity contribution in [2.24, 2.45) is 0 Å². The van der Waals surface area contributed by atoms with Gasteiger partial charge in [0.1, 0.15) is 5.76 Å². The maximum atomic E-state index is 12.1. The second-order valence-corrected chi connectivity index (χ2v) is 6.53. The number of hydrogen-bond donors (Lipinski definition) is 1. The number of hydrogen-bond acceptors (Lipinski definition) is 4. The minimum Gasteiger partial charge on any atom is -0.371 e. The van der Waals surface area contributed by atoms with E-state index in [2.05, 4.69) is 21.1 Å². The van der Waals surface area contributed by atoms with E-state index in [1.54, 1.807) is 6.07 Å². The standard InChI is InChI=1S/C19H21N3O2/c1-12-19(13(2)24-21-12)14-6-7-16-15(10-14)17(11-18(23)20-16)22-8-4-3-5-9-22/h6-7,10-11H,3-5,8-9H2,1-2H3,(H,20,23). The fourth-order valence-electron chi connectivity index (χ4n) is 3.68. The minimum absolute atomic E-state index is 0.0480. The van der Waals surface area contributed by atoms with E-state index in [0.717, 1.165) is 52.3 Å². The zero-order valence-electron chi connectivity index (χ0n) is 14.1. The molecule has 1 aliphatic rings. The van der Waals surface area contributed by atoms with Crippen molar-refractivity contribution in [2.75, 3.05) is 18.0 Å². The van der Waals surface area contributed by atoms with Gasteiger partial charge in [-0.15, -0.1) is 0 Å². The highest BCUT2D eigenvalue weighted by molar-refractivity contribution is 5.95. The van der Waals surface area contributed by atoms with Crippen LogP contribution in [0.4, 0.5) is 5.69 Å². The van der Waals surface area contributed by atoms with Gasteiger partial charge in [-0.2, -0.15) is 0 Å². The van der Waals surface area contributed by atoms with E-state index in [1.165, 1.54) is 19.3 Å². The molecular weight excluding hydrogens is 302 g/mol. The predicted molar refractivity (Wildman–Crippen MR) is 95.6 cm³/mol. The van der Waals surface area contributed by atoms with Gasteiger partial charge in [0.2, 0.25) is 5.56 Å². The van der Waals surface area contributed by atoms with Crippen molar-refractivity contribution < 1.29 is 4.52 Å². The number of H-pyrrole nitrogens is 1. The molecule has 1 aliphatic heterocycles. The molecule has 1 N–H and O–H groups in total. The van der Waals surface area contributed by atoms with Crippen LogP contribution in [-0.2, 0) is 0 Å². The van der Waals surface area contributed by atoms with Crippen molar-refractivity contribution in [3.8, 4) is 11.1 Å². The first kappa shape index (κ1) is 15.0. The fraction of sp³-hybridized carbons (Fsp3) is 0.368. The first-order valence-corrected chi connectivity index (χ1v) is 8.49. The Balaban J connectivity index is 1.92. The molecule has 3 heterocycles.